The van der Waals surface area contributed by atoms with E-state index in [4.69, 9.17) is 0 Å². The number of β-amino-alcohol motifs (C(OH)–C–C–N with tert-alkyl or cyclic N) is 1. The molecule has 1 N–H and O–H groups in total. The molecule has 0 aromatic rings. The first-order valence-electron chi connectivity index (χ1n) is 9.23. The van der Waals surface area contributed by atoms with Gasteiger partial charge in [-0.2, -0.15) is 0 Å². The van der Waals surface area contributed by atoms with E-state index in [1.807, 2.05) is 0 Å². The summed E-state index contributed by atoms with van der Waals surface area (Å²) in [4.78, 5) is 28.4. The number of amides is 2. The Morgan fingerprint density at radius 2 is 1.48 bits per heavy atom. The van der Waals surface area contributed by atoms with Crippen molar-refractivity contribution in [1.29, 1.82) is 0 Å². The highest BCUT2D eigenvalue weighted by atomic mass is 32.2. The summed E-state index contributed by atoms with van der Waals surface area (Å²) in [5.41, 5.74) is -0.719. The number of nitrogens with zero attached hydrogens (tertiary/aromatic N) is 2. The molecule has 0 spiro atoms. The minimum atomic E-state index is -3.07. The van der Waals surface area contributed by atoms with Gasteiger partial charge >= 0.3 is 11.8 Å². The predicted molar refractivity (Wildman–Crippen MR) is 90.4 cm³/mol. The maximum Gasteiger partial charge on any atom is 0.312 e. The van der Waals surface area contributed by atoms with Gasteiger partial charge in [0.05, 0.1) is 17.6 Å². The first kappa shape index (κ1) is 17.3. The molecule has 1 aliphatic carbocycles. The van der Waals surface area contributed by atoms with Crippen LogP contribution in [0.25, 0.3) is 0 Å². The predicted octanol–water partition coefficient (Wildman–Crippen LogP) is -0.213. The number of hydrogen-bond acceptors (Lipinski definition) is 5. The number of hydrogen-bond donors (Lipinski definition) is 1. The van der Waals surface area contributed by atoms with E-state index >= 15 is 0 Å². The Kier molecular flexibility index (Phi) is 3.92. The number of likely N-dealkylation sites (tertiary alicyclic amines) is 2. The molecular formula is C17H26N2O5S. The van der Waals surface area contributed by atoms with Crippen LogP contribution >= 0.6 is 0 Å². The lowest BCUT2D eigenvalue weighted by Crippen LogP contribution is -2.50. The third kappa shape index (κ3) is 2.68. The molecule has 1 saturated carbocycles. The van der Waals surface area contributed by atoms with Gasteiger partial charge in [-0.25, -0.2) is 8.42 Å². The Morgan fingerprint density at radius 1 is 0.920 bits per heavy atom. The van der Waals surface area contributed by atoms with Gasteiger partial charge in [0.25, 0.3) is 0 Å². The second-order valence-corrected chi connectivity index (χ2v) is 10.6. The van der Waals surface area contributed by atoms with Crippen molar-refractivity contribution in [3.63, 3.8) is 0 Å². The second-order valence-electron chi connectivity index (χ2n) is 8.51. The molecule has 4 aliphatic rings. The monoisotopic (exact) mass is 370 g/mol. The van der Waals surface area contributed by atoms with Gasteiger partial charge in [-0.1, -0.05) is 12.8 Å². The molecule has 140 valence electrons. The zero-order valence-corrected chi connectivity index (χ0v) is 15.3. The van der Waals surface area contributed by atoms with Crippen LogP contribution in [0.15, 0.2) is 0 Å². The molecule has 4 rings (SSSR count). The Labute approximate surface area is 148 Å². The van der Waals surface area contributed by atoms with E-state index in [1.54, 1.807) is 4.90 Å². The first-order valence-corrected chi connectivity index (χ1v) is 11.0. The zero-order chi connectivity index (χ0) is 17.9. The Balaban J connectivity index is 1.54. The average Bonchev–Trinajstić information content (AvgIpc) is 2.98. The molecular weight excluding hydrogens is 344 g/mol. The summed E-state index contributed by atoms with van der Waals surface area (Å²) >= 11 is 0. The lowest BCUT2D eigenvalue weighted by atomic mass is 9.60. The van der Waals surface area contributed by atoms with Gasteiger partial charge in [0.15, 0.2) is 9.84 Å². The highest BCUT2D eigenvalue weighted by molar-refractivity contribution is 7.91. The van der Waals surface area contributed by atoms with Gasteiger partial charge in [-0.15, -0.1) is 0 Å². The van der Waals surface area contributed by atoms with Gasteiger partial charge in [0, 0.05) is 37.0 Å². The molecule has 3 heterocycles. The smallest absolute Gasteiger partial charge is 0.312 e. The normalized spacial score (nSPS) is 39.8. The van der Waals surface area contributed by atoms with Crippen molar-refractivity contribution in [3.8, 4) is 0 Å². The maximum absolute atomic E-state index is 12.8. The minimum Gasteiger partial charge on any atom is -0.391 e. The van der Waals surface area contributed by atoms with Crippen LogP contribution in [0.5, 0.6) is 0 Å². The number of carbonyl (C=O) groups is 2. The summed E-state index contributed by atoms with van der Waals surface area (Å²) < 4.78 is 24.6. The van der Waals surface area contributed by atoms with E-state index in [0.29, 0.717) is 32.5 Å². The van der Waals surface area contributed by atoms with E-state index in [2.05, 4.69) is 0 Å². The van der Waals surface area contributed by atoms with Crippen LogP contribution in [0.3, 0.4) is 0 Å². The van der Waals surface area contributed by atoms with Crippen molar-refractivity contribution in [2.45, 2.75) is 44.6 Å². The van der Waals surface area contributed by atoms with Crippen molar-refractivity contribution in [2.75, 3.05) is 37.7 Å². The van der Waals surface area contributed by atoms with Crippen LogP contribution in [0.1, 0.15) is 38.5 Å². The standard InChI is InChI=1S/C17H26N2O5S/c20-13-4-3-7-18(8-13)14(21)15(22)19-9-16-5-1-2-6-17(16,10-19)12-25(23,24)11-16/h13,20H,1-12H2. The molecule has 0 bridgehead atoms. The van der Waals surface area contributed by atoms with Crippen LogP contribution in [0.2, 0.25) is 0 Å². The number of sulfone groups is 1. The number of aliphatic hydroxyl groups is 1. The summed E-state index contributed by atoms with van der Waals surface area (Å²) in [6.07, 6.45) is 4.43. The summed E-state index contributed by atoms with van der Waals surface area (Å²) in [7, 11) is -3.07. The SMILES string of the molecule is O=C(C(=O)N1CC23CCCCC2(C1)CS(=O)(=O)C3)N1CCCC(O)C1. The summed E-state index contributed by atoms with van der Waals surface area (Å²) in [5, 5.41) is 9.75. The first-order chi connectivity index (χ1) is 11.8. The van der Waals surface area contributed by atoms with Crippen LogP contribution in [-0.4, -0.2) is 78.9 Å². The van der Waals surface area contributed by atoms with Crippen LogP contribution in [-0.2, 0) is 19.4 Å². The molecule has 3 unspecified atom stereocenters. The number of aliphatic hydroxyl groups excluding tert-OH is 1. The van der Waals surface area contributed by atoms with Gasteiger partial charge in [0.1, 0.15) is 0 Å². The van der Waals surface area contributed by atoms with Gasteiger partial charge in [-0.05, 0) is 25.7 Å². The molecule has 7 nitrogen and oxygen atoms in total. The zero-order valence-electron chi connectivity index (χ0n) is 14.4. The van der Waals surface area contributed by atoms with E-state index in [1.165, 1.54) is 4.90 Å². The number of rotatable bonds is 0. The van der Waals surface area contributed by atoms with Crippen LogP contribution in [0.4, 0.5) is 0 Å². The lowest BCUT2D eigenvalue weighted by Gasteiger charge is -2.41. The maximum atomic E-state index is 12.8. The average molecular weight is 370 g/mol. The van der Waals surface area contributed by atoms with Crippen molar-refractivity contribution in [3.05, 3.63) is 0 Å². The second kappa shape index (κ2) is 5.67. The fraction of sp³-hybridized carbons (Fsp3) is 0.882. The molecule has 3 aliphatic heterocycles. The van der Waals surface area contributed by atoms with Gasteiger partial charge in [0.2, 0.25) is 0 Å². The quantitative estimate of drug-likeness (QED) is 0.595. The molecule has 2 amide bonds. The lowest BCUT2D eigenvalue weighted by molar-refractivity contribution is -0.153. The number of carbonyl (C=O) groups excluding carboxylic acids is 2. The molecule has 0 radical (unpaired) electrons. The van der Waals surface area contributed by atoms with Crippen molar-refractivity contribution in [1.82, 2.24) is 9.80 Å². The van der Waals surface area contributed by atoms with Crippen LogP contribution < -0.4 is 0 Å². The third-order valence-corrected chi connectivity index (χ3v) is 8.80. The highest BCUT2D eigenvalue weighted by Crippen LogP contribution is 2.60. The molecule has 0 aromatic heterocycles. The van der Waals surface area contributed by atoms with Crippen molar-refractivity contribution < 1.29 is 23.1 Å². The number of piperidine rings is 1. The van der Waals surface area contributed by atoms with E-state index in [-0.39, 0.29) is 28.9 Å². The summed E-state index contributed by atoms with van der Waals surface area (Å²) in [6.45, 7) is 1.48. The fourth-order valence-corrected chi connectivity index (χ4v) is 8.59. The summed E-state index contributed by atoms with van der Waals surface area (Å²) in [6, 6.07) is 0. The molecule has 3 atom stereocenters. The molecule has 25 heavy (non-hydrogen) atoms. The van der Waals surface area contributed by atoms with E-state index in [9.17, 15) is 23.1 Å². The van der Waals surface area contributed by atoms with E-state index in [0.717, 1.165) is 25.7 Å². The van der Waals surface area contributed by atoms with Crippen LogP contribution in [0, 0.1) is 10.8 Å². The Morgan fingerprint density at radius 3 is 2.04 bits per heavy atom. The summed E-state index contributed by atoms with van der Waals surface area (Å²) in [5.74, 6) is -0.770. The third-order valence-electron chi connectivity index (χ3n) is 6.82. The molecule has 0 aromatic carbocycles. The Hall–Kier alpha value is -1.15. The van der Waals surface area contributed by atoms with Gasteiger partial charge < -0.3 is 14.9 Å². The topological polar surface area (TPSA) is 95.0 Å². The Bertz CT molecular complexity index is 678. The molecule has 8 heteroatoms. The van der Waals surface area contributed by atoms with Gasteiger partial charge in [-0.3, -0.25) is 9.59 Å². The largest absolute Gasteiger partial charge is 0.391 e. The minimum absolute atomic E-state index is 0.153. The van der Waals surface area contributed by atoms with Crippen molar-refractivity contribution >= 4 is 21.7 Å². The van der Waals surface area contributed by atoms with E-state index < -0.39 is 27.8 Å². The molecule has 4 fully saturated rings. The fourth-order valence-electron chi connectivity index (χ4n) is 5.73. The highest BCUT2D eigenvalue weighted by Gasteiger charge is 2.66. The van der Waals surface area contributed by atoms with Crippen molar-refractivity contribution in [2.24, 2.45) is 10.8 Å². The molecule has 3 saturated heterocycles.